The molecule has 0 aliphatic carbocycles. The Hall–Kier alpha value is -2.96. The predicted molar refractivity (Wildman–Crippen MR) is 125 cm³/mol. The maximum atomic E-state index is 13.6. The molecule has 3 heterocycles. The maximum absolute atomic E-state index is 13.6. The van der Waals surface area contributed by atoms with Crippen molar-refractivity contribution in [3.63, 3.8) is 0 Å². The van der Waals surface area contributed by atoms with E-state index in [0.717, 1.165) is 54.4 Å². The smallest absolute Gasteiger partial charge is 0.284 e. The Labute approximate surface area is 187 Å². The quantitative estimate of drug-likeness (QED) is 0.682. The monoisotopic (exact) mass is 433 g/mol. The Morgan fingerprint density at radius 2 is 1.77 bits per heavy atom. The van der Waals surface area contributed by atoms with Crippen LogP contribution in [0.1, 0.15) is 18.1 Å². The van der Waals surface area contributed by atoms with Gasteiger partial charge >= 0.3 is 0 Å². The van der Waals surface area contributed by atoms with E-state index in [-0.39, 0.29) is 5.91 Å². The van der Waals surface area contributed by atoms with E-state index in [9.17, 15) is 4.79 Å². The minimum absolute atomic E-state index is 0.0977. The maximum Gasteiger partial charge on any atom is 0.284 e. The molecule has 2 aromatic rings. The van der Waals surface area contributed by atoms with Gasteiger partial charge in [0.05, 0.1) is 17.9 Å². The van der Waals surface area contributed by atoms with E-state index < -0.39 is 0 Å². The first-order valence-corrected chi connectivity index (χ1v) is 10.9. The highest BCUT2D eigenvalue weighted by Crippen LogP contribution is 2.34. The van der Waals surface area contributed by atoms with Crippen molar-refractivity contribution in [1.29, 1.82) is 0 Å². The lowest BCUT2D eigenvalue weighted by Gasteiger charge is -2.34. The van der Waals surface area contributed by atoms with E-state index in [4.69, 9.17) is 21.6 Å². The summed E-state index contributed by atoms with van der Waals surface area (Å²) in [4.78, 5) is 29.5. The number of likely N-dealkylation sites (N-methyl/N-ethyl adjacent to an activating group) is 1. The molecule has 0 N–H and O–H groups in total. The van der Waals surface area contributed by atoms with E-state index >= 15 is 0 Å². The number of hydrogen-bond donors (Lipinski definition) is 0. The third-order valence-corrected chi connectivity index (χ3v) is 6.34. The number of amidine groups is 1. The number of nitrogens with zero attached hydrogens (tertiary/aromatic N) is 5. The number of anilines is 1. The highest BCUT2D eigenvalue weighted by molar-refractivity contribution is 6.34. The largest absolute Gasteiger partial charge is 0.371 e. The van der Waals surface area contributed by atoms with Gasteiger partial charge in [-0.05, 0) is 32.2 Å². The van der Waals surface area contributed by atoms with Crippen LogP contribution in [-0.2, 0) is 4.79 Å². The van der Waals surface area contributed by atoms with E-state index in [2.05, 4.69) is 16.8 Å². The van der Waals surface area contributed by atoms with Crippen molar-refractivity contribution < 1.29 is 4.79 Å². The second-order valence-corrected chi connectivity index (χ2v) is 8.52. The average molecular weight is 434 g/mol. The zero-order valence-electron chi connectivity index (χ0n) is 17.7. The number of amides is 1. The molecule has 2 aromatic carbocycles. The summed E-state index contributed by atoms with van der Waals surface area (Å²) in [6.45, 7) is 6.08. The van der Waals surface area contributed by atoms with Crippen molar-refractivity contribution in [3.05, 3.63) is 76.1 Å². The highest BCUT2D eigenvalue weighted by Gasteiger charge is 2.37. The summed E-state index contributed by atoms with van der Waals surface area (Å²) in [6.07, 6.45) is 0. The standard InChI is InChI=1S/C24H24ClN5O/c1-16(29-12-10-28(2)11-13-29)22-24(31)30-20-9-8-18(25)14-19(20)23(26-15-21(30)27-22)17-6-4-3-5-7-17/h3-9,14H,10-13,15H2,1-2H3/b22-16-. The molecular weight excluding hydrogens is 410 g/mol. The van der Waals surface area contributed by atoms with Crippen LogP contribution < -0.4 is 4.90 Å². The van der Waals surface area contributed by atoms with E-state index in [0.29, 0.717) is 23.1 Å². The number of rotatable bonds is 2. The number of halogens is 1. The summed E-state index contributed by atoms with van der Waals surface area (Å²) < 4.78 is 0. The first-order chi connectivity index (χ1) is 15.0. The molecule has 0 unspecified atom stereocenters. The second kappa shape index (κ2) is 7.94. The van der Waals surface area contributed by atoms with E-state index in [1.165, 1.54) is 0 Å². The molecule has 3 aliphatic rings. The number of carbonyl (C=O) groups excluding carboxylic acids is 1. The molecule has 158 valence electrons. The van der Waals surface area contributed by atoms with Gasteiger partial charge in [-0.2, -0.15) is 0 Å². The number of piperazine rings is 1. The minimum atomic E-state index is -0.0977. The summed E-state index contributed by atoms with van der Waals surface area (Å²) in [5.41, 5.74) is 4.87. The fourth-order valence-electron chi connectivity index (χ4n) is 4.30. The Balaban J connectivity index is 1.59. The molecule has 1 fully saturated rings. The highest BCUT2D eigenvalue weighted by atomic mass is 35.5. The molecule has 0 spiro atoms. The molecule has 7 heteroatoms. The average Bonchev–Trinajstić information content (AvgIpc) is 3.01. The van der Waals surface area contributed by atoms with Crippen LogP contribution in [0.15, 0.2) is 69.9 Å². The van der Waals surface area contributed by atoms with Gasteiger partial charge in [-0.25, -0.2) is 4.99 Å². The van der Waals surface area contributed by atoms with Crippen molar-refractivity contribution in [2.75, 3.05) is 44.7 Å². The van der Waals surface area contributed by atoms with Crippen LogP contribution >= 0.6 is 11.6 Å². The van der Waals surface area contributed by atoms with Gasteiger partial charge in [-0.1, -0.05) is 41.9 Å². The van der Waals surface area contributed by atoms with Gasteiger partial charge in [-0.15, -0.1) is 0 Å². The summed E-state index contributed by atoms with van der Waals surface area (Å²) in [6, 6.07) is 15.6. The molecule has 31 heavy (non-hydrogen) atoms. The molecule has 1 saturated heterocycles. The van der Waals surface area contributed by atoms with Crippen LogP contribution in [0.25, 0.3) is 0 Å². The normalized spacial score (nSPS) is 20.7. The number of carbonyl (C=O) groups is 1. The van der Waals surface area contributed by atoms with Crippen molar-refractivity contribution in [1.82, 2.24) is 9.80 Å². The zero-order valence-corrected chi connectivity index (χ0v) is 18.4. The van der Waals surface area contributed by atoms with Gasteiger partial charge < -0.3 is 9.80 Å². The van der Waals surface area contributed by atoms with Crippen molar-refractivity contribution >= 4 is 34.7 Å². The number of fused-ring (bicyclic) bond motifs is 3. The Bertz CT molecular complexity index is 1130. The van der Waals surface area contributed by atoms with E-state index in [1.54, 1.807) is 4.90 Å². The minimum Gasteiger partial charge on any atom is -0.371 e. The Morgan fingerprint density at radius 1 is 1.03 bits per heavy atom. The third-order valence-electron chi connectivity index (χ3n) is 6.11. The first-order valence-electron chi connectivity index (χ1n) is 10.5. The van der Waals surface area contributed by atoms with Gasteiger partial charge in [0.1, 0.15) is 11.5 Å². The molecule has 0 atom stereocenters. The van der Waals surface area contributed by atoms with E-state index in [1.807, 2.05) is 55.5 Å². The van der Waals surface area contributed by atoms with Crippen LogP contribution in [0, 0.1) is 0 Å². The number of aliphatic imine (C=N–C) groups is 2. The van der Waals surface area contributed by atoms with Crippen LogP contribution in [0.5, 0.6) is 0 Å². The lowest BCUT2D eigenvalue weighted by molar-refractivity contribution is -0.114. The predicted octanol–water partition coefficient (Wildman–Crippen LogP) is 3.42. The van der Waals surface area contributed by atoms with Crippen LogP contribution in [-0.4, -0.2) is 67.0 Å². The Kier molecular flexibility index (Phi) is 5.12. The fraction of sp³-hybridized carbons (Fsp3) is 0.292. The molecule has 5 rings (SSSR count). The molecule has 0 aromatic heterocycles. The third kappa shape index (κ3) is 3.56. The van der Waals surface area contributed by atoms with Gasteiger partial charge in [0.2, 0.25) is 0 Å². The summed E-state index contributed by atoms with van der Waals surface area (Å²) in [5.74, 6) is 0.558. The zero-order chi connectivity index (χ0) is 21.5. The molecular formula is C24H24ClN5O. The molecule has 0 radical (unpaired) electrons. The fourth-order valence-corrected chi connectivity index (χ4v) is 4.47. The van der Waals surface area contributed by atoms with Crippen molar-refractivity contribution in [2.45, 2.75) is 6.92 Å². The summed E-state index contributed by atoms with van der Waals surface area (Å²) in [5, 5.41) is 0.610. The van der Waals surface area contributed by atoms with Crippen molar-refractivity contribution in [2.24, 2.45) is 9.98 Å². The second-order valence-electron chi connectivity index (χ2n) is 8.09. The first kappa shape index (κ1) is 20.0. The van der Waals surface area contributed by atoms with Gasteiger partial charge in [0.25, 0.3) is 5.91 Å². The number of hydrogen-bond acceptors (Lipinski definition) is 5. The van der Waals surface area contributed by atoms with Gasteiger partial charge in [0.15, 0.2) is 0 Å². The molecule has 1 amide bonds. The molecule has 3 aliphatic heterocycles. The van der Waals surface area contributed by atoms with Crippen LogP contribution in [0.3, 0.4) is 0 Å². The Morgan fingerprint density at radius 3 is 2.52 bits per heavy atom. The number of benzene rings is 2. The van der Waals surface area contributed by atoms with Crippen LogP contribution in [0.4, 0.5) is 5.69 Å². The number of allylic oxidation sites excluding steroid dienone is 1. The molecule has 6 nitrogen and oxygen atoms in total. The lowest BCUT2D eigenvalue weighted by Crippen LogP contribution is -2.44. The van der Waals surface area contributed by atoms with Crippen molar-refractivity contribution in [3.8, 4) is 0 Å². The summed E-state index contributed by atoms with van der Waals surface area (Å²) >= 11 is 6.35. The van der Waals surface area contributed by atoms with Gasteiger partial charge in [0, 0.05) is 48.0 Å². The molecule has 0 bridgehead atoms. The van der Waals surface area contributed by atoms with Crippen LogP contribution in [0.2, 0.25) is 5.02 Å². The topological polar surface area (TPSA) is 51.5 Å². The van der Waals surface area contributed by atoms with Gasteiger partial charge in [-0.3, -0.25) is 14.7 Å². The lowest BCUT2D eigenvalue weighted by atomic mass is 10.00. The molecule has 0 saturated carbocycles. The summed E-state index contributed by atoms with van der Waals surface area (Å²) in [7, 11) is 2.12. The SMILES string of the molecule is C/C(=C1/N=C2CN=C(c3ccccc3)c3cc(Cl)ccc3N2C1=O)N1CCN(C)CC1.